The summed E-state index contributed by atoms with van der Waals surface area (Å²) in [4.78, 5) is 9.00. The minimum atomic E-state index is -0.833. The van der Waals surface area contributed by atoms with E-state index in [0.29, 0.717) is 0 Å². The standard InChI is InChI=1S/C11H16O.C2H4O2/c1-11(2,12)9-8-10-6-4-3-5-7-10;1-2(3)4/h3-7,12H,8-9H2,1-2H3;1H3,(H,3,4). The molecular weight excluding hydrogens is 204 g/mol. The van der Waals surface area contributed by atoms with E-state index in [9.17, 15) is 5.11 Å². The first kappa shape index (κ1) is 14.6. The van der Waals surface area contributed by atoms with Crippen molar-refractivity contribution in [2.24, 2.45) is 0 Å². The molecule has 1 aromatic rings. The zero-order chi connectivity index (χ0) is 12.6. The van der Waals surface area contributed by atoms with Crippen molar-refractivity contribution in [2.75, 3.05) is 0 Å². The molecule has 16 heavy (non-hydrogen) atoms. The fourth-order valence-electron chi connectivity index (χ4n) is 1.09. The lowest BCUT2D eigenvalue weighted by molar-refractivity contribution is -0.134. The van der Waals surface area contributed by atoms with Gasteiger partial charge < -0.3 is 10.2 Å². The second-order valence-corrected chi connectivity index (χ2v) is 4.32. The van der Waals surface area contributed by atoms with E-state index in [1.165, 1.54) is 5.56 Å². The van der Waals surface area contributed by atoms with Crippen LogP contribution < -0.4 is 0 Å². The van der Waals surface area contributed by atoms with Gasteiger partial charge in [-0.3, -0.25) is 4.79 Å². The van der Waals surface area contributed by atoms with Crippen LogP contribution in [0.4, 0.5) is 0 Å². The number of carboxylic acids is 1. The van der Waals surface area contributed by atoms with E-state index in [1.807, 2.05) is 32.0 Å². The molecule has 0 saturated carbocycles. The average Bonchev–Trinajstić information content (AvgIpc) is 2.14. The average molecular weight is 224 g/mol. The first-order chi connectivity index (χ1) is 7.31. The summed E-state index contributed by atoms with van der Waals surface area (Å²) >= 11 is 0. The molecule has 0 aliphatic heterocycles. The number of hydrogen-bond donors (Lipinski definition) is 2. The fourth-order valence-corrected chi connectivity index (χ4v) is 1.09. The molecule has 0 aliphatic carbocycles. The SMILES string of the molecule is CC(=O)O.CC(C)(O)CCc1ccccc1. The number of aliphatic carboxylic acids is 1. The van der Waals surface area contributed by atoms with Crippen molar-refractivity contribution in [3.63, 3.8) is 0 Å². The summed E-state index contributed by atoms with van der Waals surface area (Å²) < 4.78 is 0. The Morgan fingerprint density at radius 2 is 1.69 bits per heavy atom. The van der Waals surface area contributed by atoms with E-state index in [-0.39, 0.29) is 0 Å². The maximum absolute atomic E-state index is 9.48. The van der Waals surface area contributed by atoms with Crippen molar-refractivity contribution in [3.05, 3.63) is 35.9 Å². The zero-order valence-electron chi connectivity index (χ0n) is 10.1. The van der Waals surface area contributed by atoms with E-state index in [2.05, 4.69) is 12.1 Å². The Kier molecular flexibility index (Phi) is 6.42. The summed E-state index contributed by atoms with van der Waals surface area (Å²) in [5.74, 6) is -0.833. The van der Waals surface area contributed by atoms with Gasteiger partial charge in [-0.2, -0.15) is 0 Å². The zero-order valence-corrected chi connectivity index (χ0v) is 10.1. The van der Waals surface area contributed by atoms with Crippen LogP contribution in [-0.2, 0) is 11.2 Å². The third-order valence-corrected chi connectivity index (χ3v) is 1.87. The van der Waals surface area contributed by atoms with E-state index in [0.717, 1.165) is 19.8 Å². The summed E-state index contributed by atoms with van der Waals surface area (Å²) in [6, 6.07) is 10.2. The van der Waals surface area contributed by atoms with Crippen LogP contribution in [0.3, 0.4) is 0 Å². The van der Waals surface area contributed by atoms with Crippen LogP contribution in [0.1, 0.15) is 32.8 Å². The largest absolute Gasteiger partial charge is 0.481 e. The Morgan fingerprint density at radius 1 is 1.25 bits per heavy atom. The molecule has 1 aromatic carbocycles. The summed E-state index contributed by atoms with van der Waals surface area (Å²) in [5, 5.41) is 16.9. The maximum Gasteiger partial charge on any atom is 0.300 e. The van der Waals surface area contributed by atoms with Crippen LogP contribution >= 0.6 is 0 Å². The molecule has 3 heteroatoms. The van der Waals surface area contributed by atoms with Crippen molar-refractivity contribution in [1.82, 2.24) is 0 Å². The highest BCUT2D eigenvalue weighted by molar-refractivity contribution is 5.62. The lowest BCUT2D eigenvalue weighted by atomic mass is 9.99. The van der Waals surface area contributed by atoms with Crippen LogP contribution in [0, 0.1) is 0 Å². The van der Waals surface area contributed by atoms with Crippen LogP contribution in [0.25, 0.3) is 0 Å². The second kappa shape index (κ2) is 7.01. The van der Waals surface area contributed by atoms with E-state index >= 15 is 0 Å². The second-order valence-electron chi connectivity index (χ2n) is 4.32. The molecule has 90 valence electrons. The Labute approximate surface area is 96.7 Å². The molecule has 0 aliphatic rings. The number of benzene rings is 1. The number of rotatable bonds is 3. The molecule has 1 rings (SSSR count). The molecule has 0 spiro atoms. The van der Waals surface area contributed by atoms with Gasteiger partial charge >= 0.3 is 0 Å². The molecule has 2 N–H and O–H groups in total. The minimum absolute atomic E-state index is 0.546. The molecule has 0 heterocycles. The maximum atomic E-state index is 9.48. The molecule has 0 bridgehead atoms. The van der Waals surface area contributed by atoms with Crippen LogP contribution in [0.15, 0.2) is 30.3 Å². The van der Waals surface area contributed by atoms with Gasteiger partial charge in [-0.05, 0) is 32.3 Å². The molecule has 0 amide bonds. The summed E-state index contributed by atoms with van der Waals surface area (Å²) in [7, 11) is 0. The summed E-state index contributed by atoms with van der Waals surface area (Å²) in [5.41, 5.74) is 0.746. The number of aryl methyl sites for hydroxylation is 1. The van der Waals surface area contributed by atoms with Gasteiger partial charge in [0.1, 0.15) is 0 Å². The lowest BCUT2D eigenvalue weighted by Crippen LogP contribution is -2.19. The molecular formula is C13H20O3. The third-order valence-electron chi connectivity index (χ3n) is 1.87. The van der Waals surface area contributed by atoms with Crippen molar-refractivity contribution in [1.29, 1.82) is 0 Å². The number of carboxylic acid groups (broad SMARTS) is 1. The van der Waals surface area contributed by atoms with Gasteiger partial charge in [0.25, 0.3) is 5.97 Å². The van der Waals surface area contributed by atoms with E-state index in [4.69, 9.17) is 9.90 Å². The van der Waals surface area contributed by atoms with Crippen LogP contribution in [0.2, 0.25) is 0 Å². The highest BCUT2D eigenvalue weighted by Crippen LogP contribution is 2.12. The van der Waals surface area contributed by atoms with Gasteiger partial charge in [0, 0.05) is 6.92 Å². The normalized spacial score (nSPS) is 10.2. The quantitative estimate of drug-likeness (QED) is 0.829. The van der Waals surface area contributed by atoms with Gasteiger partial charge in [-0.1, -0.05) is 30.3 Å². The molecule has 0 atom stereocenters. The Bertz CT molecular complexity index is 295. The Morgan fingerprint density at radius 3 is 2.06 bits per heavy atom. The number of hydrogen-bond acceptors (Lipinski definition) is 2. The molecule has 3 nitrogen and oxygen atoms in total. The fraction of sp³-hybridized carbons (Fsp3) is 0.462. The lowest BCUT2D eigenvalue weighted by Gasteiger charge is -2.16. The monoisotopic (exact) mass is 224 g/mol. The molecule has 0 aromatic heterocycles. The minimum Gasteiger partial charge on any atom is -0.481 e. The first-order valence-corrected chi connectivity index (χ1v) is 5.27. The molecule has 0 saturated heterocycles. The number of carbonyl (C=O) groups is 1. The Balaban J connectivity index is 0.000000487. The van der Waals surface area contributed by atoms with Crippen LogP contribution in [0.5, 0.6) is 0 Å². The summed E-state index contributed by atoms with van der Waals surface area (Å²) in [6.07, 6.45) is 1.77. The predicted octanol–water partition coefficient (Wildman–Crippen LogP) is 2.48. The Hall–Kier alpha value is -1.35. The smallest absolute Gasteiger partial charge is 0.300 e. The van der Waals surface area contributed by atoms with E-state index in [1.54, 1.807) is 0 Å². The van der Waals surface area contributed by atoms with Gasteiger partial charge in [0.2, 0.25) is 0 Å². The van der Waals surface area contributed by atoms with Gasteiger partial charge in [0.15, 0.2) is 0 Å². The molecule has 0 fully saturated rings. The molecule has 0 unspecified atom stereocenters. The highest BCUT2D eigenvalue weighted by atomic mass is 16.4. The van der Waals surface area contributed by atoms with Crippen molar-refractivity contribution in [2.45, 2.75) is 39.2 Å². The number of aliphatic hydroxyl groups is 1. The van der Waals surface area contributed by atoms with Crippen molar-refractivity contribution >= 4 is 5.97 Å². The molecule has 0 radical (unpaired) electrons. The van der Waals surface area contributed by atoms with E-state index < -0.39 is 11.6 Å². The third kappa shape index (κ3) is 10.7. The van der Waals surface area contributed by atoms with Crippen molar-refractivity contribution in [3.8, 4) is 0 Å². The van der Waals surface area contributed by atoms with Gasteiger partial charge in [0.05, 0.1) is 5.60 Å². The predicted molar refractivity (Wildman–Crippen MR) is 64.4 cm³/mol. The van der Waals surface area contributed by atoms with Gasteiger partial charge in [-0.25, -0.2) is 0 Å². The van der Waals surface area contributed by atoms with Crippen LogP contribution in [-0.4, -0.2) is 21.8 Å². The first-order valence-electron chi connectivity index (χ1n) is 5.27. The topological polar surface area (TPSA) is 57.5 Å². The highest BCUT2D eigenvalue weighted by Gasteiger charge is 2.11. The summed E-state index contributed by atoms with van der Waals surface area (Å²) in [6.45, 7) is 4.77. The van der Waals surface area contributed by atoms with Crippen molar-refractivity contribution < 1.29 is 15.0 Å². The van der Waals surface area contributed by atoms with Gasteiger partial charge in [-0.15, -0.1) is 0 Å².